The van der Waals surface area contributed by atoms with Gasteiger partial charge in [-0.2, -0.15) is 0 Å². The predicted octanol–water partition coefficient (Wildman–Crippen LogP) is 5.52. The normalized spacial score (nSPS) is 11.4. The van der Waals surface area contributed by atoms with Crippen LogP contribution in [0, 0.1) is 0 Å². The van der Waals surface area contributed by atoms with Crippen LogP contribution >= 0.6 is 11.6 Å². The van der Waals surface area contributed by atoms with Crippen LogP contribution in [0.25, 0.3) is 21.9 Å². The highest BCUT2D eigenvalue weighted by molar-refractivity contribution is 6.18. The standard InChI is InChI=1S/C19H16N4O.C4H7Cl/c1-2-3-10-23-12-14(13-6-4-5-7-17(13)23)18(24)19-21-15-8-9-20-11-16(15)22-19;1-2-3-4-5/h2-9,11-12H,10H2,1H3,(H,21,22);2-3H,4H2,1H3/b3-2+;3-2-. The minimum Gasteiger partial charge on any atom is -0.343 e. The maximum atomic E-state index is 13.0. The number of rotatable bonds is 5. The lowest BCUT2D eigenvalue weighted by atomic mass is 10.1. The first-order chi connectivity index (χ1) is 14.2. The third-order valence-electron chi connectivity index (χ3n) is 4.39. The van der Waals surface area contributed by atoms with Crippen molar-refractivity contribution < 1.29 is 4.79 Å². The molecule has 0 amide bonds. The average Bonchev–Trinajstić information content (AvgIpc) is 3.35. The van der Waals surface area contributed by atoms with Crippen molar-refractivity contribution in [3.63, 3.8) is 0 Å². The van der Waals surface area contributed by atoms with Crippen molar-refractivity contribution >= 4 is 39.3 Å². The molecular weight excluding hydrogens is 384 g/mol. The van der Waals surface area contributed by atoms with Crippen molar-refractivity contribution in [3.05, 3.63) is 84.6 Å². The van der Waals surface area contributed by atoms with Crippen LogP contribution in [0.5, 0.6) is 0 Å². The van der Waals surface area contributed by atoms with Gasteiger partial charge in [-0.1, -0.05) is 42.5 Å². The number of carbonyl (C=O) groups is 1. The van der Waals surface area contributed by atoms with Crippen LogP contribution in [-0.2, 0) is 6.54 Å². The number of carbonyl (C=O) groups excluding carboxylic acids is 1. The number of nitrogens with zero attached hydrogens (tertiary/aromatic N) is 3. The first-order valence-electron chi connectivity index (χ1n) is 9.40. The molecule has 0 saturated heterocycles. The number of allylic oxidation sites excluding steroid dienone is 4. The quantitative estimate of drug-likeness (QED) is 0.269. The Bertz CT molecular complexity index is 1140. The Kier molecular flexibility index (Phi) is 6.98. The van der Waals surface area contributed by atoms with Crippen molar-refractivity contribution in [1.82, 2.24) is 19.5 Å². The van der Waals surface area contributed by atoms with E-state index in [9.17, 15) is 4.79 Å². The van der Waals surface area contributed by atoms with Gasteiger partial charge in [0.25, 0.3) is 0 Å². The highest BCUT2D eigenvalue weighted by atomic mass is 35.5. The fraction of sp³-hybridized carbons (Fsp3) is 0.174. The number of hydrogen-bond acceptors (Lipinski definition) is 3. The second-order valence-corrected chi connectivity index (χ2v) is 6.62. The molecule has 0 fully saturated rings. The monoisotopic (exact) mass is 406 g/mol. The number of nitrogens with one attached hydrogen (secondary N) is 1. The molecule has 5 nitrogen and oxygen atoms in total. The molecule has 0 aliphatic heterocycles. The summed E-state index contributed by atoms with van der Waals surface area (Å²) in [4.78, 5) is 24.5. The van der Waals surface area contributed by atoms with Gasteiger partial charge in [0.15, 0.2) is 5.82 Å². The topological polar surface area (TPSA) is 63.6 Å². The molecule has 1 aromatic carbocycles. The Hall–Kier alpha value is -3.18. The molecule has 0 aliphatic rings. The summed E-state index contributed by atoms with van der Waals surface area (Å²) < 4.78 is 2.08. The number of halogens is 1. The van der Waals surface area contributed by atoms with Crippen molar-refractivity contribution in [1.29, 1.82) is 0 Å². The highest BCUT2D eigenvalue weighted by Crippen LogP contribution is 2.24. The van der Waals surface area contributed by atoms with Gasteiger partial charge in [0, 0.05) is 35.7 Å². The molecule has 0 spiro atoms. The first-order valence-corrected chi connectivity index (χ1v) is 9.93. The molecule has 1 N–H and O–H groups in total. The molecule has 6 heteroatoms. The Morgan fingerprint density at radius 1 is 1.17 bits per heavy atom. The van der Waals surface area contributed by atoms with Gasteiger partial charge >= 0.3 is 0 Å². The van der Waals surface area contributed by atoms with Gasteiger partial charge in [-0.05, 0) is 26.0 Å². The average molecular weight is 407 g/mol. The zero-order valence-electron chi connectivity index (χ0n) is 16.5. The van der Waals surface area contributed by atoms with Crippen LogP contribution in [0.15, 0.2) is 73.2 Å². The summed E-state index contributed by atoms with van der Waals surface area (Å²) in [6, 6.07) is 9.71. The van der Waals surface area contributed by atoms with Crippen LogP contribution in [0.2, 0.25) is 0 Å². The number of fused-ring (bicyclic) bond motifs is 2. The summed E-state index contributed by atoms with van der Waals surface area (Å²) in [6.07, 6.45) is 13.1. The van der Waals surface area contributed by atoms with Gasteiger partial charge in [-0.25, -0.2) is 4.98 Å². The molecule has 0 unspecified atom stereocenters. The predicted molar refractivity (Wildman–Crippen MR) is 120 cm³/mol. The number of imidazole rings is 1. The molecule has 0 aliphatic carbocycles. The van der Waals surface area contributed by atoms with E-state index in [2.05, 4.69) is 25.6 Å². The third kappa shape index (κ3) is 4.63. The van der Waals surface area contributed by atoms with E-state index in [1.165, 1.54) is 0 Å². The van der Waals surface area contributed by atoms with Crippen LogP contribution in [0.1, 0.15) is 30.0 Å². The van der Waals surface area contributed by atoms with Crippen molar-refractivity contribution in [2.24, 2.45) is 0 Å². The lowest BCUT2D eigenvalue weighted by Gasteiger charge is -1.99. The fourth-order valence-electron chi connectivity index (χ4n) is 2.98. The van der Waals surface area contributed by atoms with E-state index >= 15 is 0 Å². The zero-order chi connectivity index (χ0) is 20.6. The number of aromatic amines is 1. The minimum absolute atomic E-state index is 0.110. The number of hydrogen-bond donors (Lipinski definition) is 1. The van der Waals surface area contributed by atoms with Gasteiger partial charge in [0.05, 0.1) is 22.8 Å². The molecule has 4 aromatic rings. The number of aromatic nitrogens is 4. The van der Waals surface area contributed by atoms with Crippen molar-refractivity contribution in [3.8, 4) is 0 Å². The molecule has 0 radical (unpaired) electrons. The molecule has 4 rings (SSSR count). The second kappa shape index (κ2) is 9.85. The molecule has 3 aromatic heterocycles. The number of para-hydroxylation sites is 1. The van der Waals surface area contributed by atoms with E-state index < -0.39 is 0 Å². The molecular formula is C23H23ClN4O. The Morgan fingerprint density at radius 2 is 1.97 bits per heavy atom. The number of alkyl halides is 1. The molecule has 29 heavy (non-hydrogen) atoms. The van der Waals surface area contributed by atoms with Crippen LogP contribution in [0.4, 0.5) is 0 Å². The minimum atomic E-state index is -0.110. The highest BCUT2D eigenvalue weighted by Gasteiger charge is 2.19. The van der Waals surface area contributed by atoms with Crippen LogP contribution in [0.3, 0.4) is 0 Å². The lowest BCUT2D eigenvalue weighted by Crippen LogP contribution is -2.03. The number of benzene rings is 1. The summed E-state index contributed by atoms with van der Waals surface area (Å²) in [5, 5.41) is 0.936. The SMILES string of the molecule is C/C=C/Cn1cc(C(=O)c2nc3ccncc3[nH]2)c2ccccc21.C/C=C\CCl. The molecule has 0 saturated carbocycles. The largest absolute Gasteiger partial charge is 0.343 e. The summed E-state index contributed by atoms with van der Waals surface area (Å²) in [5.41, 5.74) is 3.20. The van der Waals surface area contributed by atoms with Gasteiger partial charge in [0.1, 0.15) is 0 Å². The number of H-pyrrole nitrogens is 1. The van der Waals surface area contributed by atoms with Gasteiger partial charge in [-0.15, -0.1) is 11.6 Å². The Morgan fingerprint density at radius 3 is 2.66 bits per heavy atom. The van der Waals surface area contributed by atoms with Crippen LogP contribution < -0.4 is 0 Å². The molecule has 3 heterocycles. The smallest absolute Gasteiger partial charge is 0.230 e. The Labute approximate surface area is 174 Å². The Balaban J connectivity index is 0.000000431. The second-order valence-electron chi connectivity index (χ2n) is 6.31. The van der Waals surface area contributed by atoms with Crippen molar-refractivity contribution in [2.45, 2.75) is 20.4 Å². The van der Waals surface area contributed by atoms with E-state index in [-0.39, 0.29) is 5.78 Å². The van der Waals surface area contributed by atoms with Crippen LogP contribution in [-0.4, -0.2) is 31.2 Å². The zero-order valence-corrected chi connectivity index (χ0v) is 17.2. The summed E-state index contributed by atoms with van der Waals surface area (Å²) in [7, 11) is 0. The maximum Gasteiger partial charge on any atom is 0.230 e. The van der Waals surface area contributed by atoms with E-state index in [0.29, 0.717) is 17.3 Å². The summed E-state index contributed by atoms with van der Waals surface area (Å²) in [6.45, 7) is 4.66. The summed E-state index contributed by atoms with van der Waals surface area (Å²) >= 11 is 5.21. The third-order valence-corrected chi connectivity index (χ3v) is 4.57. The van der Waals surface area contributed by atoms with E-state index in [1.54, 1.807) is 18.5 Å². The molecule has 148 valence electrons. The van der Waals surface area contributed by atoms with E-state index in [4.69, 9.17) is 11.6 Å². The lowest BCUT2D eigenvalue weighted by molar-refractivity contribution is 0.103. The molecule has 0 atom stereocenters. The van der Waals surface area contributed by atoms with E-state index in [0.717, 1.165) is 28.5 Å². The number of ketones is 1. The fourth-order valence-corrected chi connectivity index (χ4v) is 3.16. The molecule has 0 bridgehead atoms. The van der Waals surface area contributed by atoms with E-state index in [1.807, 2.05) is 62.5 Å². The number of pyridine rings is 1. The van der Waals surface area contributed by atoms with Gasteiger partial charge in [0.2, 0.25) is 5.78 Å². The van der Waals surface area contributed by atoms with Gasteiger partial charge < -0.3 is 9.55 Å². The maximum absolute atomic E-state index is 13.0. The van der Waals surface area contributed by atoms with Crippen molar-refractivity contribution in [2.75, 3.05) is 5.88 Å². The first kappa shape index (κ1) is 20.6. The summed E-state index contributed by atoms with van der Waals surface area (Å²) in [5.74, 6) is 0.866. The van der Waals surface area contributed by atoms with Gasteiger partial charge in [-0.3, -0.25) is 9.78 Å².